The number of carbonyl (C=O) groups excluding carboxylic acids is 2. The molecule has 0 radical (unpaired) electrons. The van der Waals surface area contributed by atoms with Crippen molar-refractivity contribution in [1.82, 2.24) is 30.3 Å². The number of thioether (sulfide) groups is 2. The van der Waals surface area contributed by atoms with Crippen molar-refractivity contribution < 1.29 is 9.59 Å². The van der Waals surface area contributed by atoms with Gasteiger partial charge in [0.05, 0.1) is 12.3 Å². The SMILES string of the molecule is CCSc1nnc(NC(=O)CSc2nnc(CNC(=O)C34CC5CC(CC(C5)C3)C4)n2CCc2ccccc2)s1. The standard InChI is InChI=1S/C28H35N7O2S3/c1-2-38-27-34-32-25(40-27)30-23(36)17-39-26-33-31-22(35(26)9-8-18-6-4-3-5-7-18)16-29-24(37)28-13-19-10-20(14-28)12-21(11-19)15-28/h3-7,19-21H,2,8-17H2,1H3,(H,29,37)(H,30,32,36). The van der Waals surface area contributed by atoms with Crippen molar-refractivity contribution in [3.63, 3.8) is 0 Å². The Morgan fingerprint density at radius 1 is 1.00 bits per heavy atom. The van der Waals surface area contributed by atoms with Crippen LogP contribution in [0.2, 0.25) is 0 Å². The van der Waals surface area contributed by atoms with Crippen LogP contribution in [0.15, 0.2) is 39.8 Å². The van der Waals surface area contributed by atoms with E-state index >= 15 is 0 Å². The molecular weight excluding hydrogens is 563 g/mol. The fourth-order valence-corrected chi connectivity index (χ4v) is 9.58. The molecule has 4 aliphatic carbocycles. The van der Waals surface area contributed by atoms with Crippen molar-refractivity contribution in [3.05, 3.63) is 41.7 Å². The number of aryl methyl sites for hydroxylation is 1. The zero-order valence-corrected chi connectivity index (χ0v) is 25.1. The lowest BCUT2D eigenvalue weighted by Gasteiger charge is -2.55. The van der Waals surface area contributed by atoms with Crippen LogP contribution < -0.4 is 10.6 Å². The van der Waals surface area contributed by atoms with Crippen LogP contribution in [0.25, 0.3) is 0 Å². The molecule has 4 aliphatic rings. The van der Waals surface area contributed by atoms with Gasteiger partial charge in [-0.15, -0.1) is 20.4 Å². The number of nitrogens with zero attached hydrogens (tertiary/aromatic N) is 5. The number of aromatic nitrogens is 5. The summed E-state index contributed by atoms with van der Waals surface area (Å²) in [5.74, 6) is 4.00. The van der Waals surface area contributed by atoms with Crippen LogP contribution in [0.1, 0.15) is 56.8 Å². The van der Waals surface area contributed by atoms with Crippen molar-refractivity contribution in [2.24, 2.45) is 23.2 Å². The molecular formula is C28H35N7O2S3. The van der Waals surface area contributed by atoms with E-state index in [2.05, 4.69) is 50.1 Å². The number of benzene rings is 1. The van der Waals surface area contributed by atoms with Gasteiger partial charge in [0.1, 0.15) is 0 Å². The number of anilines is 1. The highest BCUT2D eigenvalue weighted by atomic mass is 32.2. The summed E-state index contributed by atoms with van der Waals surface area (Å²) in [6.45, 7) is 3.06. The molecule has 3 aromatic rings. The number of rotatable bonds is 12. The van der Waals surface area contributed by atoms with E-state index in [1.807, 2.05) is 22.8 Å². The first kappa shape index (κ1) is 27.7. The summed E-state index contributed by atoms with van der Waals surface area (Å²) in [6.07, 6.45) is 7.85. The Morgan fingerprint density at radius 3 is 2.42 bits per heavy atom. The molecule has 40 heavy (non-hydrogen) atoms. The fourth-order valence-electron chi connectivity index (χ4n) is 7.13. The second-order valence-electron chi connectivity index (χ2n) is 11.3. The van der Waals surface area contributed by atoms with E-state index in [0.29, 0.717) is 23.4 Å². The average molecular weight is 598 g/mol. The molecule has 9 nitrogen and oxygen atoms in total. The van der Waals surface area contributed by atoms with Gasteiger partial charge in [-0.05, 0) is 74.0 Å². The summed E-state index contributed by atoms with van der Waals surface area (Å²) in [5.41, 5.74) is 1.02. The van der Waals surface area contributed by atoms with Crippen molar-refractivity contribution in [1.29, 1.82) is 0 Å². The maximum atomic E-state index is 13.6. The normalized spacial score (nSPS) is 24.8. The molecule has 0 spiro atoms. The van der Waals surface area contributed by atoms with Crippen molar-refractivity contribution in [3.8, 4) is 0 Å². The number of hydrogen-bond acceptors (Lipinski definition) is 9. The van der Waals surface area contributed by atoms with Crippen LogP contribution >= 0.6 is 34.9 Å². The minimum atomic E-state index is -0.195. The molecule has 212 valence electrons. The van der Waals surface area contributed by atoms with Gasteiger partial charge in [-0.3, -0.25) is 14.9 Å². The second kappa shape index (κ2) is 12.2. The topological polar surface area (TPSA) is 115 Å². The maximum Gasteiger partial charge on any atom is 0.236 e. The number of nitrogens with one attached hydrogen (secondary N) is 2. The molecule has 4 fully saturated rings. The molecule has 0 saturated heterocycles. The van der Waals surface area contributed by atoms with Crippen LogP contribution in [0.5, 0.6) is 0 Å². The molecule has 0 atom stereocenters. The first-order valence-corrected chi connectivity index (χ1v) is 16.9. The van der Waals surface area contributed by atoms with Gasteiger partial charge in [0.25, 0.3) is 0 Å². The molecule has 12 heteroatoms. The van der Waals surface area contributed by atoms with E-state index in [-0.39, 0.29) is 23.0 Å². The largest absolute Gasteiger partial charge is 0.348 e. The first-order valence-electron chi connectivity index (χ1n) is 14.1. The second-order valence-corrected chi connectivity index (χ2v) is 14.7. The van der Waals surface area contributed by atoms with Gasteiger partial charge in [0, 0.05) is 12.0 Å². The van der Waals surface area contributed by atoms with Crippen molar-refractivity contribution in [2.45, 2.75) is 74.5 Å². The predicted octanol–water partition coefficient (Wildman–Crippen LogP) is 5.05. The summed E-state index contributed by atoms with van der Waals surface area (Å²) in [4.78, 5) is 26.2. The third-order valence-electron chi connectivity index (χ3n) is 8.44. The molecule has 1 aromatic carbocycles. The molecule has 0 aliphatic heterocycles. The zero-order valence-electron chi connectivity index (χ0n) is 22.7. The summed E-state index contributed by atoms with van der Waals surface area (Å²) < 4.78 is 2.89. The van der Waals surface area contributed by atoms with E-state index < -0.39 is 0 Å². The van der Waals surface area contributed by atoms with Crippen LogP contribution in [-0.4, -0.2) is 48.3 Å². The minimum absolute atomic E-state index is 0.163. The van der Waals surface area contributed by atoms with Gasteiger partial charge in [-0.1, -0.05) is 72.1 Å². The Hall–Kier alpha value is -2.44. The quantitative estimate of drug-likeness (QED) is 0.220. The lowest BCUT2D eigenvalue weighted by atomic mass is 9.49. The van der Waals surface area contributed by atoms with Crippen molar-refractivity contribution >= 4 is 51.8 Å². The Balaban J connectivity index is 1.11. The highest BCUT2D eigenvalue weighted by Gasteiger charge is 2.54. The monoisotopic (exact) mass is 597 g/mol. The molecule has 2 amide bonds. The Labute approximate surface area is 247 Å². The van der Waals surface area contributed by atoms with Gasteiger partial charge in [-0.2, -0.15) is 0 Å². The third-order valence-corrected chi connectivity index (χ3v) is 11.3. The predicted molar refractivity (Wildman–Crippen MR) is 158 cm³/mol. The lowest BCUT2D eigenvalue weighted by molar-refractivity contribution is -0.146. The first-order chi connectivity index (χ1) is 19.5. The van der Waals surface area contributed by atoms with Crippen molar-refractivity contribution in [2.75, 3.05) is 16.8 Å². The molecule has 7 rings (SSSR count). The summed E-state index contributed by atoms with van der Waals surface area (Å²) in [5, 5.41) is 24.3. The van der Waals surface area contributed by atoms with E-state index in [0.717, 1.165) is 59.4 Å². The average Bonchev–Trinajstić information content (AvgIpc) is 3.55. The summed E-state index contributed by atoms with van der Waals surface area (Å²) >= 11 is 4.32. The molecule has 2 N–H and O–H groups in total. The van der Waals surface area contributed by atoms with Gasteiger partial charge in [0.2, 0.25) is 16.9 Å². The van der Waals surface area contributed by atoms with Crippen LogP contribution in [0.4, 0.5) is 5.13 Å². The highest BCUT2D eigenvalue weighted by molar-refractivity contribution is 8.01. The zero-order chi connectivity index (χ0) is 27.5. The van der Waals surface area contributed by atoms with Gasteiger partial charge >= 0.3 is 0 Å². The maximum absolute atomic E-state index is 13.6. The van der Waals surface area contributed by atoms with Crippen LogP contribution in [0.3, 0.4) is 0 Å². The van der Waals surface area contributed by atoms with Gasteiger partial charge < -0.3 is 9.88 Å². The molecule has 4 saturated carbocycles. The van der Waals surface area contributed by atoms with Crippen LogP contribution in [0, 0.1) is 23.2 Å². The van der Waals surface area contributed by atoms with Gasteiger partial charge in [-0.25, -0.2) is 0 Å². The van der Waals surface area contributed by atoms with Crippen LogP contribution in [-0.2, 0) is 29.1 Å². The Kier molecular flexibility index (Phi) is 8.45. The smallest absolute Gasteiger partial charge is 0.236 e. The number of amides is 2. The van der Waals surface area contributed by atoms with E-state index in [1.54, 1.807) is 11.8 Å². The van der Waals surface area contributed by atoms with E-state index in [9.17, 15) is 9.59 Å². The van der Waals surface area contributed by atoms with Gasteiger partial charge in [0.15, 0.2) is 15.3 Å². The highest BCUT2D eigenvalue weighted by Crippen LogP contribution is 2.60. The number of carbonyl (C=O) groups is 2. The fraction of sp³-hybridized carbons (Fsp3) is 0.571. The molecule has 0 unspecified atom stereocenters. The Bertz CT molecular complexity index is 1310. The van der Waals surface area contributed by atoms with E-state index in [4.69, 9.17) is 0 Å². The summed E-state index contributed by atoms with van der Waals surface area (Å²) in [7, 11) is 0. The lowest BCUT2D eigenvalue weighted by Crippen LogP contribution is -2.53. The van der Waals surface area contributed by atoms with E-state index in [1.165, 1.54) is 47.9 Å². The minimum Gasteiger partial charge on any atom is -0.348 e. The molecule has 2 aromatic heterocycles. The number of hydrogen-bond donors (Lipinski definition) is 2. The third kappa shape index (κ3) is 6.23. The Morgan fingerprint density at radius 2 is 1.73 bits per heavy atom. The molecule has 2 heterocycles. The molecule has 4 bridgehead atoms. The summed E-state index contributed by atoms with van der Waals surface area (Å²) in [6, 6.07) is 10.3.